The Morgan fingerprint density at radius 3 is 1.70 bits per heavy atom. The number of carbonyl (C=O) groups excluding carboxylic acids is 5. The van der Waals surface area contributed by atoms with E-state index in [0.29, 0.717) is 34.6 Å². The quantitative estimate of drug-likeness (QED) is 0.116. The van der Waals surface area contributed by atoms with Gasteiger partial charge in [-0.05, 0) is 117 Å². The van der Waals surface area contributed by atoms with Crippen LogP contribution in [0.25, 0.3) is 10.8 Å². The van der Waals surface area contributed by atoms with Crippen molar-refractivity contribution in [1.29, 1.82) is 0 Å². The number of hydrogen-bond donors (Lipinski definition) is 0. The highest BCUT2D eigenvalue weighted by Crippen LogP contribution is 2.57. The van der Waals surface area contributed by atoms with Gasteiger partial charge in [0.15, 0.2) is 5.82 Å². The zero-order valence-corrected chi connectivity index (χ0v) is 34.1. The van der Waals surface area contributed by atoms with Crippen molar-refractivity contribution in [3.63, 3.8) is 0 Å². The molecule has 12 nitrogen and oxygen atoms in total. The molecule has 4 aliphatic rings. The molecular weight excluding hydrogens is 785 g/mol. The molecule has 0 atom stereocenters. The maximum absolute atomic E-state index is 12.5. The van der Waals surface area contributed by atoms with E-state index in [2.05, 4.69) is 25.0 Å². The lowest BCUT2D eigenvalue weighted by Gasteiger charge is -2.54. The number of aryl methyl sites for hydroxylation is 2. The monoisotopic (exact) mass is 827 g/mol. The van der Waals surface area contributed by atoms with Crippen LogP contribution in [-0.4, -0.2) is 50.2 Å². The van der Waals surface area contributed by atoms with E-state index in [-0.39, 0.29) is 11.2 Å². The second-order valence-electron chi connectivity index (χ2n) is 14.6. The fraction of sp³-hybridized carbons (Fsp3) is 0.298. The molecule has 312 valence electrons. The molecule has 5 aromatic carbocycles. The lowest BCUT2D eigenvalue weighted by Crippen LogP contribution is -2.49. The third kappa shape index (κ3) is 13.6. The van der Waals surface area contributed by atoms with Crippen LogP contribution in [0.5, 0.6) is 11.5 Å². The summed E-state index contributed by atoms with van der Waals surface area (Å²) in [5, 5.41) is 2.06. The SMILES string of the molecule is COc1ccc(N=C=O)c(OC)c1.Cc1ccc(N=C=O)c(C)c1.O=C=NC12CC3CC(CC(C3)C1)C2.O=C=Nc1ccc(F)cc1F.O=C=Nc1cccc2ccccc12. The van der Waals surface area contributed by atoms with Crippen molar-refractivity contribution in [1.82, 2.24) is 0 Å². The first-order valence-corrected chi connectivity index (χ1v) is 19.1. The maximum Gasteiger partial charge on any atom is 0.240 e. The molecule has 0 amide bonds. The average molecular weight is 828 g/mol. The Bertz CT molecular complexity index is 2440. The number of nitrogens with zero attached hydrogens (tertiary/aromatic N) is 5. The summed E-state index contributed by atoms with van der Waals surface area (Å²) in [5.41, 5.74) is 3.84. The maximum atomic E-state index is 12.5. The molecule has 4 fully saturated rings. The smallest absolute Gasteiger partial charge is 0.240 e. The lowest BCUT2D eigenvalue weighted by molar-refractivity contribution is 0.00170. The topological polar surface area (TPSA) is 166 Å². The Morgan fingerprint density at radius 2 is 1.13 bits per heavy atom. The first-order chi connectivity index (χ1) is 29.5. The highest BCUT2D eigenvalue weighted by Gasteiger charge is 2.51. The van der Waals surface area contributed by atoms with E-state index in [0.717, 1.165) is 52.3 Å². The highest BCUT2D eigenvalue weighted by atomic mass is 19.1. The summed E-state index contributed by atoms with van der Waals surface area (Å²) in [6.45, 7) is 3.92. The largest absolute Gasteiger partial charge is 0.497 e. The molecule has 0 spiro atoms. The molecule has 9 rings (SSSR count). The number of ether oxygens (including phenoxy) is 2. The van der Waals surface area contributed by atoms with Crippen LogP contribution in [0.2, 0.25) is 0 Å². The van der Waals surface area contributed by atoms with Crippen LogP contribution >= 0.6 is 0 Å². The third-order valence-corrected chi connectivity index (χ3v) is 10.4. The molecule has 0 unspecified atom stereocenters. The lowest BCUT2D eigenvalue weighted by atomic mass is 9.53. The van der Waals surface area contributed by atoms with E-state index >= 15 is 0 Å². The van der Waals surface area contributed by atoms with Gasteiger partial charge >= 0.3 is 0 Å². The molecule has 0 heterocycles. The summed E-state index contributed by atoms with van der Waals surface area (Å²) in [6.07, 6.45) is 15.2. The molecule has 4 saturated carbocycles. The number of rotatable bonds is 7. The van der Waals surface area contributed by atoms with Gasteiger partial charge in [-0.1, -0.05) is 54.1 Å². The fourth-order valence-electron chi connectivity index (χ4n) is 8.18. The van der Waals surface area contributed by atoms with E-state index in [1.165, 1.54) is 63.4 Å². The molecule has 0 N–H and O–H groups in total. The summed E-state index contributed by atoms with van der Waals surface area (Å²) in [6, 6.07) is 26.9. The van der Waals surface area contributed by atoms with Crippen molar-refractivity contribution in [2.24, 2.45) is 42.7 Å². The summed E-state index contributed by atoms with van der Waals surface area (Å²) >= 11 is 0. The van der Waals surface area contributed by atoms with Crippen LogP contribution in [0.3, 0.4) is 0 Å². The van der Waals surface area contributed by atoms with Gasteiger partial charge in [0.05, 0.1) is 31.1 Å². The van der Waals surface area contributed by atoms with Gasteiger partial charge in [0.2, 0.25) is 30.4 Å². The van der Waals surface area contributed by atoms with E-state index in [1.54, 1.807) is 43.5 Å². The third-order valence-electron chi connectivity index (χ3n) is 10.4. The Hall–Kier alpha value is -7.28. The minimum atomic E-state index is -0.867. The van der Waals surface area contributed by atoms with Crippen molar-refractivity contribution in [2.75, 3.05) is 14.2 Å². The van der Waals surface area contributed by atoms with Crippen molar-refractivity contribution >= 4 is 63.9 Å². The highest BCUT2D eigenvalue weighted by molar-refractivity contribution is 5.93. The second-order valence-corrected chi connectivity index (χ2v) is 14.6. The van der Waals surface area contributed by atoms with E-state index in [4.69, 9.17) is 9.47 Å². The van der Waals surface area contributed by atoms with Crippen molar-refractivity contribution < 1.29 is 42.2 Å². The van der Waals surface area contributed by atoms with Gasteiger partial charge in [0.25, 0.3) is 0 Å². The average Bonchev–Trinajstić information content (AvgIpc) is 3.24. The Kier molecular flexibility index (Phi) is 17.8. The van der Waals surface area contributed by atoms with Crippen LogP contribution in [0.15, 0.2) is 122 Å². The molecule has 4 bridgehead atoms. The first kappa shape index (κ1) is 46.4. The summed E-state index contributed by atoms with van der Waals surface area (Å²) < 4.78 is 34.7. The standard InChI is InChI=1S/C11H15NO.C11H7NO.C9H9NO3.C9H9NO.C7H3F2NO/c13-7-12-11-4-8-1-9(5-11)3-10(2-8)6-11;13-8-12-11-7-3-5-9-4-1-2-6-10(9)11;1-12-7-3-4-8(10-6-11)9(5-7)13-2;1-7-3-4-9(10-6-11)8(2)5-7;8-5-1-2-7(10-4-11)6(9)3-5/h8-10H,1-6H2;1-7H;3-5H,1-2H3;3-5H,1-2H3;1-3H. The van der Waals surface area contributed by atoms with Gasteiger partial charge in [-0.2, -0.15) is 25.0 Å². The van der Waals surface area contributed by atoms with Crippen LogP contribution in [0.1, 0.15) is 49.7 Å². The number of benzene rings is 5. The Morgan fingerprint density at radius 1 is 0.574 bits per heavy atom. The minimum absolute atomic E-state index is 0.0521. The molecular formula is C47H43F2N5O7. The summed E-state index contributed by atoms with van der Waals surface area (Å²) in [5.74, 6) is 2.21. The molecule has 61 heavy (non-hydrogen) atoms. The van der Waals surface area contributed by atoms with Crippen molar-refractivity contribution in [3.8, 4) is 11.5 Å². The molecule has 0 saturated heterocycles. The normalized spacial score (nSPS) is 18.2. The van der Waals surface area contributed by atoms with Crippen molar-refractivity contribution in [2.45, 2.75) is 57.9 Å². The molecule has 5 aromatic rings. The van der Waals surface area contributed by atoms with Gasteiger partial charge < -0.3 is 9.47 Å². The van der Waals surface area contributed by atoms with Crippen LogP contribution in [-0.2, 0) is 24.0 Å². The Labute approximate surface area is 351 Å². The fourth-order valence-corrected chi connectivity index (χ4v) is 8.18. The van der Waals surface area contributed by atoms with Crippen molar-refractivity contribution in [3.05, 3.63) is 120 Å². The zero-order valence-electron chi connectivity index (χ0n) is 34.1. The summed E-state index contributed by atoms with van der Waals surface area (Å²) in [7, 11) is 3.05. The van der Waals surface area contributed by atoms with E-state index < -0.39 is 11.6 Å². The first-order valence-electron chi connectivity index (χ1n) is 19.1. The number of isocyanates is 5. The predicted octanol–water partition coefficient (Wildman–Crippen LogP) is 11.0. The van der Waals surface area contributed by atoms with Crippen LogP contribution < -0.4 is 9.47 Å². The molecule has 4 aliphatic carbocycles. The van der Waals surface area contributed by atoms with Gasteiger partial charge in [-0.15, -0.1) is 0 Å². The minimum Gasteiger partial charge on any atom is -0.497 e. The molecule has 0 aromatic heterocycles. The second kappa shape index (κ2) is 23.3. The number of fused-ring (bicyclic) bond motifs is 1. The molecule has 14 heteroatoms. The number of halogens is 2. The van der Waals surface area contributed by atoms with Gasteiger partial charge in [-0.25, -0.2) is 32.8 Å². The predicted molar refractivity (Wildman–Crippen MR) is 226 cm³/mol. The number of aliphatic imine (C=N–C) groups is 5. The van der Waals surface area contributed by atoms with E-state index in [9.17, 15) is 32.8 Å². The summed E-state index contributed by atoms with van der Waals surface area (Å²) in [4.78, 5) is 67.9. The van der Waals surface area contributed by atoms with Crippen LogP contribution in [0, 0.1) is 43.2 Å². The van der Waals surface area contributed by atoms with E-state index in [1.807, 2.05) is 68.4 Å². The van der Waals surface area contributed by atoms with Crippen LogP contribution in [0.4, 0.5) is 31.5 Å². The number of methoxy groups -OCH3 is 2. The Balaban J connectivity index is 0.000000168. The zero-order chi connectivity index (χ0) is 44.2. The van der Waals surface area contributed by atoms with Gasteiger partial charge in [0, 0.05) is 17.5 Å². The van der Waals surface area contributed by atoms with Gasteiger partial charge in [-0.3, -0.25) is 0 Å². The number of hydrogen-bond acceptors (Lipinski definition) is 12. The molecule has 0 aliphatic heterocycles. The molecule has 0 radical (unpaired) electrons. The van der Waals surface area contributed by atoms with Gasteiger partial charge in [0.1, 0.15) is 28.7 Å².